The van der Waals surface area contributed by atoms with Crippen LogP contribution in [0.4, 0.5) is 0 Å². The van der Waals surface area contributed by atoms with E-state index in [0.717, 1.165) is 60.8 Å². The summed E-state index contributed by atoms with van der Waals surface area (Å²) in [7, 11) is 0. The highest BCUT2D eigenvalue weighted by Gasteiger charge is 2.10. The van der Waals surface area contributed by atoms with Gasteiger partial charge in [0.05, 0.1) is 18.8 Å². The molecule has 0 unspecified atom stereocenters. The number of esters is 1. The van der Waals surface area contributed by atoms with Crippen LogP contribution in [0.1, 0.15) is 75.6 Å². The number of rotatable bonds is 17. The van der Waals surface area contributed by atoms with Crippen molar-refractivity contribution in [1.82, 2.24) is 0 Å². The van der Waals surface area contributed by atoms with Gasteiger partial charge in [-0.15, -0.1) is 6.58 Å². The zero-order chi connectivity index (χ0) is 27.0. The molecule has 0 fully saturated rings. The van der Waals surface area contributed by atoms with Gasteiger partial charge in [0.15, 0.2) is 0 Å². The van der Waals surface area contributed by atoms with Gasteiger partial charge in [-0.05, 0) is 97.7 Å². The fourth-order valence-corrected chi connectivity index (χ4v) is 4.07. The Labute approximate surface area is 228 Å². The van der Waals surface area contributed by atoms with Crippen LogP contribution in [0.25, 0.3) is 11.1 Å². The molecule has 0 spiro atoms. The van der Waals surface area contributed by atoms with Gasteiger partial charge in [-0.3, -0.25) is 0 Å². The summed E-state index contributed by atoms with van der Waals surface area (Å²) >= 11 is 0. The van der Waals surface area contributed by atoms with E-state index >= 15 is 0 Å². The molecule has 38 heavy (non-hydrogen) atoms. The van der Waals surface area contributed by atoms with Gasteiger partial charge in [-0.25, -0.2) is 4.79 Å². The molecule has 202 valence electrons. The van der Waals surface area contributed by atoms with E-state index in [1.54, 1.807) is 24.3 Å². The molecule has 0 aliphatic rings. The molecule has 4 heteroatoms. The molecule has 0 saturated heterocycles. The van der Waals surface area contributed by atoms with Gasteiger partial charge >= 0.3 is 5.97 Å². The van der Waals surface area contributed by atoms with E-state index in [2.05, 4.69) is 20.4 Å². The van der Waals surface area contributed by atoms with Crippen molar-refractivity contribution < 1.29 is 19.0 Å². The zero-order valence-corrected chi connectivity index (χ0v) is 23.0. The number of carbonyl (C=O) groups is 1. The van der Waals surface area contributed by atoms with E-state index in [9.17, 15) is 4.79 Å². The normalized spacial score (nSPS) is 11.5. The summed E-state index contributed by atoms with van der Waals surface area (Å²) in [5, 5.41) is 0. The van der Waals surface area contributed by atoms with Crippen LogP contribution in [0, 0.1) is 5.92 Å². The first kappa shape index (κ1) is 29.0. The lowest BCUT2D eigenvalue weighted by molar-refractivity contribution is 0.0734. The summed E-state index contributed by atoms with van der Waals surface area (Å²) in [6.07, 6.45) is 11.1. The Morgan fingerprint density at radius 3 is 1.87 bits per heavy atom. The number of allylic oxidation sites excluding steroid dienone is 1. The number of ether oxygens (including phenoxy) is 3. The number of unbranched alkanes of at least 4 members (excludes halogenated alkanes) is 4. The predicted molar refractivity (Wildman–Crippen MR) is 156 cm³/mol. The van der Waals surface area contributed by atoms with Crippen molar-refractivity contribution in [3.05, 3.63) is 91.0 Å². The van der Waals surface area contributed by atoms with Crippen LogP contribution in [-0.4, -0.2) is 19.2 Å². The molecule has 3 aromatic rings. The molecule has 0 aliphatic carbocycles. The topological polar surface area (TPSA) is 44.8 Å². The molecular weight excluding hydrogens is 472 g/mol. The minimum absolute atomic E-state index is 0.383. The van der Waals surface area contributed by atoms with Gasteiger partial charge in [0, 0.05) is 0 Å². The highest BCUT2D eigenvalue weighted by Crippen LogP contribution is 2.24. The summed E-state index contributed by atoms with van der Waals surface area (Å²) in [6, 6.07) is 22.8. The van der Waals surface area contributed by atoms with Gasteiger partial charge in [0.25, 0.3) is 0 Å². The summed E-state index contributed by atoms with van der Waals surface area (Å²) in [5.74, 6) is 2.52. The Morgan fingerprint density at radius 1 is 0.737 bits per heavy atom. The van der Waals surface area contributed by atoms with E-state index in [1.807, 2.05) is 54.6 Å². The lowest BCUT2D eigenvalue weighted by atomic mass is 10.0. The van der Waals surface area contributed by atoms with Crippen molar-refractivity contribution in [2.45, 2.75) is 65.2 Å². The second-order valence-corrected chi connectivity index (χ2v) is 9.81. The summed E-state index contributed by atoms with van der Waals surface area (Å²) in [4.78, 5) is 12.6. The fourth-order valence-electron chi connectivity index (χ4n) is 4.07. The number of benzene rings is 3. The van der Waals surface area contributed by atoms with Gasteiger partial charge in [0.2, 0.25) is 0 Å². The Balaban J connectivity index is 1.42. The van der Waals surface area contributed by atoms with Crippen LogP contribution < -0.4 is 14.2 Å². The Hall–Kier alpha value is -3.53. The maximum absolute atomic E-state index is 12.6. The van der Waals surface area contributed by atoms with Crippen molar-refractivity contribution in [2.75, 3.05) is 13.2 Å². The highest BCUT2D eigenvalue weighted by atomic mass is 16.5. The third-order valence-electron chi connectivity index (χ3n) is 6.72. The van der Waals surface area contributed by atoms with Crippen molar-refractivity contribution >= 4 is 5.97 Å². The van der Waals surface area contributed by atoms with Gasteiger partial charge in [-0.2, -0.15) is 0 Å². The summed E-state index contributed by atoms with van der Waals surface area (Å²) in [5.41, 5.74) is 2.61. The molecular formula is C34H42O4. The van der Waals surface area contributed by atoms with Gasteiger partial charge < -0.3 is 14.2 Å². The first-order chi connectivity index (χ1) is 18.6. The van der Waals surface area contributed by atoms with Gasteiger partial charge in [-0.1, -0.05) is 63.5 Å². The van der Waals surface area contributed by atoms with E-state index in [0.29, 0.717) is 17.9 Å². The van der Waals surface area contributed by atoms with Crippen LogP contribution in [0.3, 0.4) is 0 Å². The lowest BCUT2D eigenvalue weighted by Crippen LogP contribution is -2.08. The monoisotopic (exact) mass is 514 g/mol. The fraction of sp³-hybridized carbons (Fsp3) is 0.382. The third-order valence-corrected chi connectivity index (χ3v) is 6.72. The SMILES string of the molecule is C=CCCCCCCOc1ccc(OC(=O)c2ccc(-c3ccc(OCCC[C@@H](C)CC)cc3)cc2)cc1. The van der Waals surface area contributed by atoms with E-state index < -0.39 is 0 Å². The average Bonchev–Trinajstić information content (AvgIpc) is 2.96. The molecule has 0 radical (unpaired) electrons. The molecule has 4 nitrogen and oxygen atoms in total. The quantitative estimate of drug-likeness (QED) is 0.0779. The average molecular weight is 515 g/mol. The van der Waals surface area contributed by atoms with Crippen LogP contribution in [0.2, 0.25) is 0 Å². The van der Waals surface area contributed by atoms with Crippen molar-refractivity contribution in [2.24, 2.45) is 5.92 Å². The molecule has 0 heterocycles. The minimum atomic E-state index is -0.383. The predicted octanol–water partition coefficient (Wildman–Crippen LogP) is 9.29. The molecule has 3 aromatic carbocycles. The Kier molecular flexibility index (Phi) is 12.5. The van der Waals surface area contributed by atoms with Gasteiger partial charge in [0.1, 0.15) is 17.2 Å². The number of hydrogen-bond donors (Lipinski definition) is 0. The number of hydrogen-bond acceptors (Lipinski definition) is 4. The van der Waals surface area contributed by atoms with Crippen LogP contribution >= 0.6 is 0 Å². The maximum atomic E-state index is 12.6. The van der Waals surface area contributed by atoms with Crippen LogP contribution in [0.5, 0.6) is 17.2 Å². The Morgan fingerprint density at radius 2 is 1.26 bits per heavy atom. The number of carbonyl (C=O) groups excluding carboxylic acids is 1. The smallest absolute Gasteiger partial charge is 0.343 e. The second-order valence-electron chi connectivity index (χ2n) is 9.81. The molecule has 0 aromatic heterocycles. The third kappa shape index (κ3) is 10.1. The largest absolute Gasteiger partial charge is 0.494 e. The minimum Gasteiger partial charge on any atom is -0.494 e. The van der Waals surface area contributed by atoms with Crippen LogP contribution in [-0.2, 0) is 0 Å². The van der Waals surface area contributed by atoms with Crippen LogP contribution in [0.15, 0.2) is 85.5 Å². The molecule has 0 aliphatic heterocycles. The first-order valence-electron chi connectivity index (χ1n) is 14.0. The van der Waals surface area contributed by atoms with E-state index in [-0.39, 0.29) is 5.97 Å². The van der Waals surface area contributed by atoms with Crippen molar-refractivity contribution in [1.29, 1.82) is 0 Å². The summed E-state index contributed by atoms with van der Waals surface area (Å²) < 4.78 is 17.2. The second kappa shape index (κ2) is 16.3. The Bertz CT molecular complexity index is 1080. The maximum Gasteiger partial charge on any atom is 0.343 e. The molecule has 1 atom stereocenters. The molecule has 3 rings (SSSR count). The summed E-state index contributed by atoms with van der Waals surface area (Å²) in [6.45, 7) is 9.69. The lowest BCUT2D eigenvalue weighted by Gasteiger charge is -2.10. The standard InChI is InChI=1S/C34H42O4/c1-4-6-7-8-9-10-25-36-32-21-23-33(24-22-32)38-34(35)30-15-13-28(14-16-30)29-17-19-31(20-18-29)37-26-11-12-27(3)5-2/h4,13-24,27H,1,5-12,25-26H2,2-3H3/t27-/m0/s1. The first-order valence-corrected chi connectivity index (χ1v) is 14.0. The molecule has 0 N–H and O–H groups in total. The molecule has 0 amide bonds. The van der Waals surface area contributed by atoms with Crippen molar-refractivity contribution in [3.63, 3.8) is 0 Å². The zero-order valence-electron chi connectivity index (χ0n) is 23.0. The van der Waals surface area contributed by atoms with Crippen molar-refractivity contribution in [3.8, 4) is 28.4 Å². The van der Waals surface area contributed by atoms with E-state index in [1.165, 1.54) is 25.7 Å². The van der Waals surface area contributed by atoms with E-state index in [4.69, 9.17) is 14.2 Å². The highest BCUT2D eigenvalue weighted by molar-refractivity contribution is 5.91. The molecule has 0 saturated carbocycles. The molecule has 0 bridgehead atoms.